The maximum Gasteiger partial charge on any atom is 0.341 e. The molecule has 0 aliphatic carbocycles. The number of aryl methyl sites for hydroxylation is 2. The van der Waals surface area contributed by atoms with E-state index < -0.39 is 5.97 Å². The van der Waals surface area contributed by atoms with Gasteiger partial charge < -0.3 is 9.47 Å². The standard InChI is InChI=1S/C17H17BrO3/c1-11-4-5-12(2)13(8-11)10-21-16-7-6-14(18)9-15(16)17(19)20-3/h4-9H,10H2,1-3H3. The molecule has 0 saturated carbocycles. The third-order valence-corrected chi connectivity index (χ3v) is 3.73. The van der Waals surface area contributed by atoms with Crippen LogP contribution in [0, 0.1) is 13.8 Å². The van der Waals surface area contributed by atoms with Gasteiger partial charge in [-0.2, -0.15) is 0 Å². The quantitative estimate of drug-likeness (QED) is 0.766. The van der Waals surface area contributed by atoms with E-state index in [4.69, 9.17) is 9.47 Å². The van der Waals surface area contributed by atoms with Gasteiger partial charge in [-0.15, -0.1) is 0 Å². The Morgan fingerprint density at radius 1 is 1.14 bits per heavy atom. The topological polar surface area (TPSA) is 35.5 Å². The minimum Gasteiger partial charge on any atom is -0.488 e. The number of carbonyl (C=O) groups is 1. The van der Waals surface area contributed by atoms with E-state index in [0.717, 1.165) is 15.6 Å². The molecule has 110 valence electrons. The largest absolute Gasteiger partial charge is 0.488 e. The number of methoxy groups -OCH3 is 1. The number of carbonyl (C=O) groups excluding carboxylic acids is 1. The predicted octanol–water partition coefficient (Wildman–Crippen LogP) is 4.43. The Bertz CT molecular complexity index is 665. The number of hydrogen-bond acceptors (Lipinski definition) is 3. The van der Waals surface area contributed by atoms with Gasteiger partial charge in [-0.05, 0) is 43.2 Å². The Labute approximate surface area is 133 Å². The molecule has 0 amide bonds. The van der Waals surface area contributed by atoms with Crippen molar-refractivity contribution in [2.24, 2.45) is 0 Å². The summed E-state index contributed by atoms with van der Waals surface area (Å²) in [5.74, 6) is 0.109. The first-order valence-corrected chi connectivity index (χ1v) is 7.37. The molecule has 2 rings (SSSR count). The Morgan fingerprint density at radius 2 is 1.90 bits per heavy atom. The summed E-state index contributed by atoms with van der Waals surface area (Å²) >= 11 is 3.35. The first kappa shape index (κ1) is 15.6. The lowest BCUT2D eigenvalue weighted by atomic mass is 10.1. The lowest BCUT2D eigenvalue weighted by molar-refractivity contribution is 0.0595. The fourth-order valence-electron chi connectivity index (χ4n) is 2.01. The fraction of sp³-hybridized carbons (Fsp3) is 0.235. The van der Waals surface area contributed by atoms with Gasteiger partial charge in [0.05, 0.1) is 7.11 Å². The highest BCUT2D eigenvalue weighted by atomic mass is 79.9. The van der Waals surface area contributed by atoms with E-state index in [1.807, 2.05) is 19.9 Å². The van der Waals surface area contributed by atoms with Crippen molar-refractivity contribution in [1.29, 1.82) is 0 Å². The molecule has 3 nitrogen and oxygen atoms in total. The molecule has 0 aliphatic rings. The number of benzene rings is 2. The van der Waals surface area contributed by atoms with Crippen molar-refractivity contribution in [3.63, 3.8) is 0 Å². The summed E-state index contributed by atoms with van der Waals surface area (Å²) in [5, 5.41) is 0. The highest BCUT2D eigenvalue weighted by Crippen LogP contribution is 2.25. The number of esters is 1. The van der Waals surface area contributed by atoms with Crippen LogP contribution in [0.3, 0.4) is 0 Å². The summed E-state index contributed by atoms with van der Waals surface area (Å²) in [6, 6.07) is 11.5. The summed E-state index contributed by atoms with van der Waals surface area (Å²) in [6.07, 6.45) is 0. The Balaban J connectivity index is 2.24. The van der Waals surface area contributed by atoms with E-state index in [1.54, 1.807) is 12.1 Å². The number of ether oxygens (including phenoxy) is 2. The molecule has 2 aromatic rings. The SMILES string of the molecule is COC(=O)c1cc(Br)ccc1OCc1cc(C)ccc1C. The minimum absolute atomic E-state index is 0.410. The first-order valence-electron chi connectivity index (χ1n) is 6.58. The van der Waals surface area contributed by atoms with Gasteiger partial charge in [0.15, 0.2) is 0 Å². The van der Waals surface area contributed by atoms with Gasteiger partial charge in [0, 0.05) is 4.47 Å². The van der Waals surface area contributed by atoms with Gasteiger partial charge in [-0.25, -0.2) is 4.79 Å². The van der Waals surface area contributed by atoms with E-state index in [-0.39, 0.29) is 0 Å². The highest BCUT2D eigenvalue weighted by molar-refractivity contribution is 9.10. The Morgan fingerprint density at radius 3 is 2.62 bits per heavy atom. The molecule has 0 atom stereocenters. The molecule has 0 aromatic heterocycles. The van der Waals surface area contributed by atoms with Crippen LogP contribution in [0.15, 0.2) is 40.9 Å². The molecule has 0 bridgehead atoms. The van der Waals surface area contributed by atoms with Crippen molar-refractivity contribution in [2.45, 2.75) is 20.5 Å². The maximum atomic E-state index is 11.8. The van der Waals surface area contributed by atoms with E-state index in [2.05, 4.69) is 34.1 Å². The lowest BCUT2D eigenvalue weighted by Gasteiger charge is -2.12. The van der Waals surface area contributed by atoms with Crippen molar-refractivity contribution >= 4 is 21.9 Å². The van der Waals surface area contributed by atoms with Crippen molar-refractivity contribution < 1.29 is 14.3 Å². The summed E-state index contributed by atoms with van der Waals surface area (Å²) < 4.78 is 11.4. The second kappa shape index (κ2) is 6.76. The van der Waals surface area contributed by atoms with Crippen LogP contribution >= 0.6 is 15.9 Å². The smallest absolute Gasteiger partial charge is 0.341 e. The number of halogens is 1. The lowest BCUT2D eigenvalue weighted by Crippen LogP contribution is -2.06. The number of hydrogen-bond donors (Lipinski definition) is 0. The van der Waals surface area contributed by atoms with Crippen molar-refractivity contribution in [3.8, 4) is 5.75 Å². The van der Waals surface area contributed by atoms with Crippen molar-refractivity contribution in [2.75, 3.05) is 7.11 Å². The molecule has 0 N–H and O–H groups in total. The van der Waals surface area contributed by atoms with Crippen LogP contribution in [-0.4, -0.2) is 13.1 Å². The average molecular weight is 349 g/mol. The van der Waals surface area contributed by atoms with Crippen LogP contribution in [0.4, 0.5) is 0 Å². The van der Waals surface area contributed by atoms with E-state index in [1.165, 1.54) is 12.7 Å². The molecule has 21 heavy (non-hydrogen) atoms. The number of rotatable bonds is 4. The third kappa shape index (κ3) is 3.85. The molecule has 2 aromatic carbocycles. The van der Waals surface area contributed by atoms with Crippen molar-refractivity contribution in [1.82, 2.24) is 0 Å². The highest BCUT2D eigenvalue weighted by Gasteiger charge is 2.14. The average Bonchev–Trinajstić information content (AvgIpc) is 2.48. The predicted molar refractivity (Wildman–Crippen MR) is 85.7 cm³/mol. The van der Waals surface area contributed by atoms with E-state index >= 15 is 0 Å². The fourth-order valence-corrected chi connectivity index (χ4v) is 2.37. The van der Waals surface area contributed by atoms with Crippen LogP contribution in [0.5, 0.6) is 5.75 Å². The van der Waals surface area contributed by atoms with Crippen LogP contribution < -0.4 is 4.74 Å². The summed E-state index contributed by atoms with van der Waals surface area (Å²) in [4.78, 5) is 11.8. The molecule has 0 fully saturated rings. The van der Waals surface area contributed by atoms with E-state index in [9.17, 15) is 4.79 Å². The molecule has 0 aliphatic heterocycles. The molecular formula is C17H17BrO3. The van der Waals surface area contributed by atoms with Gasteiger partial charge in [0.2, 0.25) is 0 Å². The second-order valence-corrected chi connectivity index (χ2v) is 5.77. The Kier molecular flexibility index (Phi) is 5.02. The van der Waals surface area contributed by atoms with Crippen LogP contribution in [-0.2, 0) is 11.3 Å². The molecule has 4 heteroatoms. The van der Waals surface area contributed by atoms with Gasteiger partial charge >= 0.3 is 5.97 Å². The monoisotopic (exact) mass is 348 g/mol. The first-order chi connectivity index (χ1) is 10.0. The molecule has 0 spiro atoms. The van der Waals surface area contributed by atoms with Crippen LogP contribution in [0.25, 0.3) is 0 Å². The third-order valence-electron chi connectivity index (χ3n) is 3.23. The van der Waals surface area contributed by atoms with Crippen LogP contribution in [0.2, 0.25) is 0 Å². The zero-order chi connectivity index (χ0) is 15.4. The van der Waals surface area contributed by atoms with Gasteiger partial charge in [0.1, 0.15) is 17.9 Å². The minimum atomic E-state index is -0.410. The molecular weight excluding hydrogens is 332 g/mol. The van der Waals surface area contributed by atoms with Gasteiger partial charge in [-0.1, -0.05) is 39.7 Å². The summed E-state index contributed by atoms with van der Waals surface area (Å²) in [5.41, 5.74) is 3.87. The summed E-state index contributed by atoms with van der Waals surface area (Å²) in [6.45, 7) is 4.50. The zero-order valence-corrected chi connectivity index (χ0v) is 13.9. The molecule has 0 radical (unpaired) electrons. The molecule has 0 heterocycles. The van der Waals surface area contributed by atoms with E-state index in [0.29, 0.717) is 17.9 Å². The normalized spacial score (nSPS) is 10.3. The van der Waals surface area contributed by atoms with Crippen molar-refractivity contribution in [3.05, 3.63) is 63.1 Å². The van der Waals surface area contributed by atoms with Crippen LogP contribution in [0.1, 0.15) is 27.0 Å². The Hall–Kier alpha value is -1.81. The van der Waals surface area contributed by atoms with Gasteiger partial charge in [-0.3, -0.25) is 0 Å². The second-order valence-electron chi connectivity index (χ2n) is 4.85. The molecule has 0 unspecified atom stereocenters. The summed E-state index contributed by atoms with van der Waals surface area (Å²) in [7, 11) is 1.36. The molecule has 0 saturated heterocycles. The maximum absolute atomic E-state index is 11.8. The zero-order valence-electron chi connectivity index (χ0n) is 12.3. The van der Waals surface area contributed by atoms with Gasteiger partial charge in [0.25, 0.3) is 0 Å².